The highest BCUT2D eigenvalue weighted by molar-refractivity contribution is 7.98. The van der Waals surface area contributed by atoms with Crippen molar-refractivity contribution in [3.05, 3.63) is 41.9 Å². The van der Waals surface area contributed by atoms with Gasteiger partial charge in [-0.05, 0) is 6.07 Å². The second-order valence-electron chi connectivity index (χ2n) is 4.06. The molecule has 3 aromatic rings. The minimum atomic E-state index is -0.227. The summed E-state index contributed by atoms with van der Waals surface area (Å²) < 4.78 is 5.65. The summed E-state index contributed by atoms with van der Waals surface area (Å²) >= 11 is 1.47. The molecule has 0 fully saturated rings. The molecule has 1 amide bonds. The van der Waals surface area contributed by atoms with Gasteiger partial charge in [-0.2, -0.15) is 5.10 Å². The Morgan fingerprint density at radius 3 is 3.05 bits per heavy atom. The monoisotopic (exact) mass is 288 g/mol. The molecule has 0 saturated heterocycles. The zero-order chi connectivity index (χ0) is 13.9. The molecular formula is C13H12N4O2S. The maximum Gasteiger partial charge on any atom is 0.287 e. The Balaban J connectivity index is 1.99. The lowest BCUT2D eigenvalue weighted by Crippen LogP contribution is -2.18. The van der Waals surface area contributed by atoms with Gasteiger partial charge in [-0.1, -0.05) is 30.0 Å². The summed E-state index contributed by atoms with van der Waals surface area (Å²) in [5, 5.41) is 10.8. The minimum absolute atomic E-state index is 0.227. The molecule has 0 aliphatic carbocycles. The number of furan rings is 1. The normalized spacial score (nSPS) is 10.8. The number of H-pyrrole nitrogens is 1. The first-order valence-corrected chi connectivity index (χ1v) is 6.99. The van der Waals surface area contributed by atoms with E-state index >= 15 is 0 Å². The molecule has 0 unspecified atom stereocenters. The van der Waals surface area contributed by atoms with Crippen LogP contribution in [0.2, 0.25) is 0 Å². The number of nitrogens with zero attached hydrogens (tertiary/aromatic N) is 2. The smallest absolute Gasteiger partial charge is 0.287 e. The third-order valence-electron chi connectivity index (χ3n) is 2.88. The van der Waals surface area contributed by atoms with Gasteiger partial charge >= 0.3 is 0 Å². The number of thioether (sulfide) groups is 1. The van der Waals surface area contributed by atoms with E-state index in [9.17, 15) is 4.79 Å². The van der Waals surface area contributed by atoms with E-state index in [0.29, 0.717) is 22.3 Å². The van der Waals surface area contributed by atoms with E-state index in [1.165, 1.54) is 18.1 Å². The number of aromatic nitrogens is 3. The Bertz CT molecular complexity index is 736. The number of nitrogens with one attached hydrogen (secondary N) is 2. The molecule has 6 nitrogen and oxygen atoms in total. The van der Waals surface area contributed by atoms with Gasteiger partial charge in [-0.3, -0.25) is 9.89 Å². The van der Waals surface area contributed by atoms with Crippen molar-refractivity contribution in [1.82, 2.24) is 20.5 Å². The first kappa shape index (κ1) is 12.7. The molecule has 2 heterocycles. The van der Waals surface area contributed by atoms with Crippen LogP contribution in [0.15, 0.2) is 40.2 Å². The molecular weight excluding hydrogens is 276 g/mol. The van der Waals surface area contributed by atoms with Gasteiger partial charge in [-0.15, -0.1) is 0 Å². The molecule has 20 heavy (non-hydrogen) atoms. The topological polar surface area (TPSA) is 83.8 Å². The van der Waals surface area contributed by atoms with Crippen LogP contribution in [-0.2, 0) is 5.75 Å². The number of fused-ring (bicyclic) bond motifs is 1. The fourth-order valence-electron chi connectivity index (χ4n) is 1.94. The van der Waals surface area contributed by atoms with Gasteiger partial charge in [0.25, 0.3) is 5.91 Å². The average Bonchev–Trinajstić information content (AvgIpc) is 3.11. The molecule has 1 aromatic carbocycles. The van der Waals surface area contributed by atoms with Crippen LogP contribution in [0, 0.1) is 0 Å². The van der Waals surface area contributed by atoms with Crippen LogP contribution >= 0.6 is 11.8 Å². The molecule has 0 spiro atoms. The molecule has 0 aliphatic heterocycles. The zero-order valence-electron chi connectivity index (χ0n) is 10.7. The Morgan fingerprint density at radius 1 is 1.45 bits per heavy atom. The van der Waals surface area contributed by atoms with Gasteiger partial charge in [0.15, 0.2) is 10.9 Å². The zero-order valence-corrected chi connectivity index (χ0v) is 11.5. The molecule has 3 rings (SSSR count). The first-order chi connectivity index (χ1) is 9.79. The number of aromatic amines is 1. The van der Waals surface area contributed by atoms with Crippen molar-refractivity contribution >= 4 is 28.6 Å². The van der Waals surface area contributed by atoms with Crippen molar-refractivity contribution in [2.24, 2.45) is 0 Å². The summed E-state index contributed by atoms with van der Waals surface area (Å²) in [5.41, 5.74) is 1.57. The maximum absolute atomic E-state index is 11.9. The first-order valence-electron chi connectivity index (χ1n) is 6.00. The Labute approximate surface area is 119 Å². The van der Waals surface area contributed by atoms with Crippen LogP contribution in [0.25, 0.3) is 11.0 Å². The summed E-state index contributed by atoms with van der Waals surface area (Å²) in [6.07, 6.45) is 1.45. The van der Waals surface area contributed by atoms with Crippen LogP contribution < -0.4 is 5.32 Å². The van der Waals surface area contributed by atoms with Crippen molar-refractivity contribution in [1.29, 1.82) is 0 Å². The molecule has 0 aliphatic rings. The summed E-state index contributed by atoms with van der Waals surface area (Å²) in [6, 6.07) is 7.60. The lowest BCUT2D eigenvalue weighted by Gasteiger charge is -2.00. The van der Waals surface area contributed by atoms with Gasteiger partial charge in [-0.25, -0.2) is 4.98 Å². The van der Waals surface area contributed by atoms with Gasteiger partial charge in [0.1, 0.15) is 11.9 Å². The Kier molecular flexibility index (Phi) is 3.42. The highest BCUT2D eigenvalue weighted by Crippen LogP contribution is 2.30. The number of carbonyl (C=O) groups is 1. The predicted molar refractivity (Wildman–Crippen MR) is 75.5 cm³/mol. The third kappa shape index (κ3) is 2.27. The van der Waals surface area contributed by atoms with Crippen molar-refractivity contribution in [3.8, 4) is 0 Å². The van der Waals surface area contributed by atoms with E-state index in [1.54, 1.807) is 7.05 Å². The predicted octanol–water partition coefficient (Wildman–Crippen LogP) is 2.20. The summed E-state index contributed by atoms with van der Waals surface area (Å²) in [4.78, 5) is 16.0. The number of hydrogen-bond donors (Lipinski definition) is 2. The highest BCUT2D eigenvalue weighted by Gasteiger charge is 2.19. The van der Waals surface area contributed by atoms with Crippen molar-refractivity contribution in [2.45, 2.75) is 10.9 Å². The number of benzene rings is 1. The van der Waals surface area contributed by atoms with Crippen molar-refractivity contribution < 1.29 is 9.21 Å². The quantitative estimate of drug-likeness (QED) is 0.719. The number of rotatable bonds is 4. The third-order valence-corrected chi connectivity index (χ3v) is 3.78. The molecule has 0 atom stereocenters. The Hall–Kier alpha value is -2.28. The largest absolute Gasteiger partial charge is 0.451 e. The van der Waals surface area contributed by atoms with Gasteiger partial charge in [0.2, 0.25) is 0 Å². The van der Waals surface area contributed by atoms with E-state index in [4.69, 9.17) is 4.42 Å². The second-order valence-corrected chi connectivity index (χ2v) is 5.03. The van der Waals surface area contributed by atoms with E-state index in [2.05, 4.69) is 20.5 Å². The maximum atomic E-state index is 11.9. The molecule has 0 radical (unpaired) electrons. The molecule has 0 bridgehead atoms. The van der Waals surface area contributed by atoms with E-state index < -0.39 is 0 Å². The summed E-state index contributed by atoms with van der Waals surface area (Å²) in [7, 11) is 1.59. The van der Waals surface area contributed by atoms with Gasteiger partial charge in [0, 0.05) is 23.8 Å². The van der Waals surface area contributed by atoms with E-state index in [1.807, 2.05) is 24.3 Å². The molecule has 102 valence electrons. The van der Waals surface area contributed by atoms with Gasteiger partial charge < -0.3 is 9.73 Å². The fraction of sp³-hybridized carbons (Fsp3) is 0.154. The summed E-state index contributed by atoms with van der Waals surface area (Å²) in [6.45, 7) is 0. The van der Waals surface area contributed by atoms with Gasteiger partial charge in [0.05, 0.1) is 0 Å². The lowest BCUT2D eigenvalue weighted by molar-refractivity contribution is 0.0937. The molecule has 2 aromatic heterocycles. The van der Waals surface area contributed by atoms with Crippen LogP contribution in [0.5, 0.6) is 0 Å². The minimum Gasteiger partial charge on any atom is -0.451 e. The molecule has 0 saturated carbocycles. The number of para-hydroxylation sites is 1. The average molecular weight is 288 g/mol. The SMILES string of the molecule is CNC(=O)c1oc2ccccc2c1CSc1ncn[nH]1. The fourth-order valence-corrected chi connectivity index (χ4v) is 2.75. The summed E-state index contributed by atoms with van der Waals surface area (Å²) in [5.74, 6) is 0.699. The Morgan fingerprint density at radius 2 is 2.30 bits per heavy atom. The van der Waals surface area contributed by atoms with Crippen LogP contribution in [-0.4, -0.2) is 28.1 Å². The van der Waals surface area contributed by atoms with E-state index in [-0.39, 0.29) is 5.91 Å². The van der Waals surface area contributed by atoms with Crippen LogP contribution in [0.4, 0.5) is 0 Å². The van der Waals surface area contributed by atoms with Crippen molar-refractivity contribution in [3.63, 3.8) is 0 Å². The number of amides is 1. The van der Waals surface area contributed by atoms with Crippen molar-refractivity contribution in [2.75, 3.05) is 7.05 Å². The standard InChI is InChI=1S/C13H12N4O2S/c1-14-12(18)11-9(6-20-13-15-7-16-17-13)8-4-2-3-5-10(8)19-11/h2-5,7H,6H2,1H3,(H,14,18)(H,15,16,17). The number of hydrogen-bond acceptors (Lipinski definition) is 5. The molecule has 2 N–H and O–H groups in total. The van der Waals surface area contributed by atoms with Crippen LogP contribution in [0.1, 0.15) is 16.1 Å². The number of carbonyl (C=O) groups excluding carboxylic acids is 1. The lowest BCUT2D eigenvalue weighted by atomic mass is 10.1. The van der Waals surface area contributed by atoms with E-state index in [0.717, 1.165) is 10.9 Å². The highest BCUT2D eigenvalue weighted by atomic mass is 32.2. The van der Waals surface area contributed by atoms with Crippen LogP contribution in [0.3, 0.4) is 0 Å². The second kappa shape index (κ2) is 5.38. The molecule has 7 heteroatoms.